The predicted octanol–water partition coefficient (Wildman–Crippen LogP) is 0.323. The molecule has 0 radical (unpaired) electrons. The van der Waals surface area contributed by atoms with Crippen LogP contribution < -0.4 is 5.73 Å². The SMILES string of the molecule is NC1CCc2onc(CN3CCOCC3)c2C1. The molecule has 17 heavy (non-hydrogen) atoms. The molecule has 1 saturated heterocycles. The Labute approximate surface area is 101 Å². The van der Waals surface area contributed by atoms with Crippen molar-refractivity contribution in [2.24, 2.45) is 5.73 Å². The second kappa shape index (κ2) is 4.76. The summed E-state index contributed by atoms with van der Waals surface area (Å²) in [6.07, 6.45) is 2.87. The average Bonchev–Trinajstić information content (AvgIpc) is 2.73. The van der Waals surface area contributed by atoms with Crippen LogP contribution in [0.4, 0.5) is 0 Å². The van der Waals surface area contributed by atoms with Gasteiger partial charge in [-0.3, -0.25) is 4.90 Å². The third-order valence-electron chi connectivity index (χ3n) is 3.64. The van der Waals surface area contributed by atoms with Gasteiger partial charge in [-0.25, -0.2) is 0 Å². The standard InChI is InChI=1S/C12H19N3O2/c13-9-1-2-12-10(7-9)11(14-17-12)8-15-3-5-16-6-4-15/h9H,1-8,13H2. The van der Waals surface area contributed by atoms with Crippen LogP contribution >= 0.6 is 0 Å². The average molecular weight is 237 g/mol. The fraction of sp³-hybridized carbons (Fsp3) is 0.750. The molecule has 0 saturated carbocycles. The Balaban J connectivity index is 1.72. The van der Waals surface area contributed by atoms with Crippen LogP contribution in [0, 0.1) is 0 Å². The number of aryl methyl sites for hydroxylation is 1. The molecule has 1 fully saturated rings. The molecule has 2 heterocycles. The van der Waals surface area contributed by atoms with E-state index in [1.165, 1.54) is 5.56 Å². The number of hydrogen-bond acceptors (Lipinski definition) is 5. The zero-order valence-corrected chi connectivity index (χ0v) is 10.0. The Morgan fingerprint density at radius 2 is 2.18 bits per heavy atom. The molecule has 94 valence electrons. The Morgan fingerprint density at radius 1 is 1.35 bits per heavy atom. The van der Waals surface area contributed by atoms with Crippen molar-refractivity contribution < 1.29 is 9.26 Å². The molecule has 5 heteroatoms. The van der Waals surface area contributed by atoms with E-state index in [0.29, 0.717) is 0 Å². The molecule has 1 unspecified atom stereocenters. The number of fused-ring (bicyclic) bond motifs is 1. The molecule has 1 aliphatic heterocycles. The highest BCUT2D eigenvalue weighted by atomic mass is 16.5. The Bertz CT molecular complexity index is 385. The van der Waals surface area contributed by atoms with Crippen LogP contribution in [-0.2, 0) is 24.1 Å². The van der Waals surface area contributed by atoms with Crippen LogP contribution in [0.2, 0.25) is 0 Å². The van der Waals surface area contributed by atoms with Crippen molar-refractivity contribution in [3.05, 3.63) is 17.0 Å². The number of hydrogen-bond donors (Lipinski definition) is 1. The van der Waals surface area contributed by atoms with E-state index in [4.69, 9.17) is 15.0 Å². The number of rotatable bonds is 2. The molecule has 3 rings (SSSR count). The van der Waals surface area contributed by atoms with Gasteiger partial charge in [0.05, 0.1) is 13.2 Å². The maximum atomic E-state index is 6.01. The molecular formula is C12H19N3O2. The summed E-state index contributed by atoms with van der Waals surface area (Å²) in [7, 11) is 0. The maximum Gasteiger partial charge on any atom is 0.140 e. The minimum atomic E-state index is 0.269. The highest BCUT2D eigenvalue weighted by Crippen LogP contribution is 2.24. The monoisotopic (exact) mass is 237 g/mol. The molecule has 1 aromatic rings. The van der Waals surface area contributed by atoms with Crippen LogP contribution in [0.1, 0.15) is 23.4 Å². The third-order valence-corrected chi connectivity index (χ3v) is 3.64. The third kappa shape index (κ3) is 2.36. The number of aromatic nitrogens is 1. The Kier molecular flexibility index (Phi) is 3.13. The second-order valence-electron chi connectivity index (χ2n) is 4.92. The molecule has 0 spiro atoms. The number of morpholine rings is 1. The quantitative estimate of drug-likeness (QED) is 0.802. The molecule has 0 amide bonds. The zero-order valence-electron chi connectivity index (χ0n) is 10.0. The second-order valence-corrected chi connectivity index (χ2v) is 4.92. The van der Waals surface area contributed by atoms with Gasteiger partial charge in [0.25, 0.3) is 0 Å². The first-order valence-electron chi connectivity index (χ1n) is 6.35. The first-order chi connectivity index (χ1) is 8.33. The maximum absolute atomic E-state index is 6.01. The molecule has 1 aliphatic carbocycles. The summed E-state index contributed by atoms with van der Waals surface area (Å²) >= 11 is 0. The van der Waals surface area contributed by atoms with Gasteiger partial charge in [-0.15, -0.1) is 0 Å². The van der Waals surface area contributed by atoms with Gasteiger partial charge < -0.3 is 15.0 Å². The molecular weight excluding hydrogens is 218 g/mol. The zero-order chi connectivity index (χ0) is 11.7. The van der Waals surface area contributed by atoms with E-state index in [1.54, 1.807) is 0 Å². The van der Waals surface area contributed by atoms with Crippen molar-refractivity contribution in [3.8, 4) is 0 Å². The number of ether oxygens (including phenoxy) is 1. The van der Waals surface area contributed by atoms with Crippen molar-refractivity contribution in [2.75, 3.05) is 26.3 Å². The summed E-state index contributed by atoms with van der Waals surface area (Å²) in [4.78, 5) is 2.36. The lowest BCUT2D eigenvalue weighted by Crippen LogP contribution is -2.36. The van der Waals surface area contributed by atoms with Gasteiger partial charge in [-0.1, -0.05) is 5.16 Å². The lowest BCUT2D eigenvalue weighted by molar-refractivity contribution is 0.0331. The van der Waals surface area contributed by atoms with Gasteiger partial charge in [-0.05, 0) is 12.8 Å². The Morgan fingerprint density at radius 3 is 3.00 bits per heavy atom. The summed E-state index contributed by atoms with van der Waals surface area (Å²) in [5, 5.41) is 4.21. The van der Waals surface area contributed by atoms with Crippen LogP contribution in [0.3, 0.4) is 0 Å². The summed E-state index contributed by atoms with van der Waals surface area (Å²) in [5.74, 6) is 1.05. The summed E-state index contributed by atoms with van der Waals surface area (Å²) < 4.78 is 10.8. The number of nitrogens with zero attached hydrogens (tertiary/aromatic N) is 2. The molecule has 1 aromatic heterocycles. The normalized spacial score (nSPS) is 25.8. The van der Waals surface area contributed by atoms with Crippen molar-refractivity contribution in [1.82, 2.24) is 10.1 Å². The van der Waals surface area contributed by atoms with Gasteiger partial charge in [0.1, 0.15) is 11.5 Å². The highest BCUT2D eigenvalue weighted by Gasteiger charge is 2.24. The van der Waals surface area contributed by atoms with Crippen molar-refractivity contribution in [3.63, 3.8) is 0 Å². The lowest BCUT2D eigenvalue weighted by atomic mass is 9.92. The van der Waals surface area contributed by atoms with Crippen LogP contribution in [-0.4, -0.2) is 42.4 Å². The van der Waals surface area contributed by atoms with Gasteiger partial charge in [0.2, 0.25) is 0 Å². The smallest absolute Gasteiger partial charge is 0.140 e. The fourth-order valence-electron chi connectivity index (χ4n) is 2.59. The molecule has 0 aromatic carbocycles. The topological polar surface area (TPSA) is 64.5 Å². The van der Waals surface area contributed by atoms with Gasteiger partial charge in [0, 0.05) is 37.7 Å². The minimum absolute atomic E-state index is 0.269. The minimum Gasteiger partial charge on any atom is -0.379 e. The van der Waals surface area contributed by atoms with Gasteiger partial charge in [-0.2, -0.15) is 0 Å². The van der Waals surface area contributed by atoms with E-state index in [2.05, 4.69) is 10.1 Å². The Hall–Kier alpha value is -0.910. The largest absolute Gasteiger partial charge is 0.379 e. The summed E-state index contributed by atoms with van der Waals surface area (Å²) in [5.41, 5.74) is 8.35. The van der Waals surface area contributed by atoms with Gasteiger partial charge in [0.15, 0.2) is 0 Å². The first-order valence-corrected chi connectivity index (χ1v) is 6.35. The molecule has 0 bridgehead atoms. The predicted molar refractivity (Wildman–Crippen MR) is 62.6 cm³/mol. The molecule has 2 N–H and O–H groups in total. The van der Waals surface area contributed by atoms with E-state index in [1.807, 2.05) is 0 Å². The van der Waals surface area contributed by atoms with E-state index in [0.717, 1.165) is 63.6 Å². The summed E-state index contributed by atoms with van der Waals surface area (Å²) in [6, 6.07) is 0.269. The van der Waals surface area contributed by atoms with E-state index in [9.17, 15) is 0 Å². The van der Waals surface area contributed by atoms with Crippen LogP contribution in [0.5, 0.6) is 0 Å². The lowest BCUT2D eigenvalue weighted by Gasteiger charge is -2.26. The van der Waals surface area contributed by atoms with Crippen molar-refractivity contribution >= 4 is 0 Å². The van der Waals surface area contributed by atoms with Crippen LogP contribution in [0.15, 0.2) is 4.52 Å². The van der Waals surface area contributed by atoms with Crippen molar-refractivity contribution in [2.45, 2.75) is 31.8 Å². The highest BCUT2D eigenvalue weighted by molar-refractivity contribution is 5.26. The molecule has 5 nitrogen and oxygen atoms in total. The van der Waals surface area contributed by atoms with E-state index >= 15 is 0 Å². The molecule has 1 atom stereocenters. The van der Waals surface area contributed by atoms with E-state index in [-0.39, 0.29) is 6.04 Å². The van der Waals surface area contributed by atoms with Gasteiger partial charge >= 0.3 is 0 Å². The number of nitrogens with two attached hydrogens (primary N) is 1. The first kappa shape index (κ1) is 11.2. The molecule has 2 aliphatic rings. The van der Waals surface area contributed by atoms with E-state index < -0.39 is 0 Å². The fourth-order valence-corrected chi connectivity index (χ4v) is 2.59. The van der Waals surface area contributed by atoms with Crippen LogP contribution in [0.25, 0.3) is 0 Å². The van der Waals surface area contributed by atoms with Crippen molar-refractivity contribution in [1.29, 1.82) is 0 Å². The summed E-state index contributed by atoms with van der Waals surface area (Å²) in [6.45, 7) is 4.47.